The molecule has 6 heteroatoms. The number of nitrogens with one attached hydrogen (secondary N) is 1. The maximum atomic E-state index is 10.1. The molecule has 2 rings (SSSR count). The van der Waals surface area contributed by atoms with Crippen LogP contribution < -0.4 is 11.3 Å². The van der Waals surface area contributed by atoms with Gasteiger partial charge in [0.1, 0.15) is 5.82 Å². The fraction of sp³-hybridized carbons (Fsp3) is 0.583. The summed E-state index contributed by atoms with van der Waals surface area (Å²) in [5.41, 5.74) is 2.68. The van der Waals surface area contributed by atoms with Crippen molar-refractivity contribution in [3.8, 4) is 0 Å². The minimum atomic E-state index is -0.617. The highest BCUT2D eigenvalue weighted by atomic mass is 35.5. The largest absolute Gasteiger partial charge is 0.389 e. The average Bonchev–Trinajstić information content (AvgIpc) is 2.31. The van der Waals surface area contributed by atoms with Crippen molar-refractivity contribution in [1.82, 2.24) is 9.88 Å². The number of hydrogen-bond donors (Lipinski definition) is 3. The number of β-amino-alcohol motifs (C(OH)–C–C–N with tert-alkyl or cyclic N) is 1. The Labute approximate surface area is 112 Å². The molecule has 100 valence electrons. The third-order valence-corrected chi connectivity index (χ3v) is 3.54. The second kappa shape index (κ2) is 5.40. The van der Waals surface area contributed by atoms with Gasteiger partial charge in [-0.3, -0.25) is 4.90 Å². The van der Waals surface area contributed by atoms with Gasteiger partial charge in [-0.25, -0.2) is 10.8 Å². The zero-order valence-corrected chi connectivity index (χ0v) is 11.2. The predicted octanol–water partition coefficient (Wildman–Crippen LogP) is 1.37. The summed E-state index contributed by atoms with van der Waals surface area (Å²) in [4.78, 5) is 6.51. The van der Waals surface area contributed by atoms with Crippen molar-refractivity contribution in [1.29, 1.82) is 0 Å². The highest BCUT2D eigenvalue weighted by molar-refractivity contribution is 6.31. The standard InChI is InChI=1S/C12H19ClN4O/c1-12(18)5-2-6-17(8-12)7-10-9(13)3-4-11(15-10)16-14/h3-4,18H,2,5-8,14H2,1H3,(H,15,16). The van der Waals surface area contributed by atoms with Crippen LogP contribution >= 0.6 is 11.6 Å². The normalized spacial score (nSPS) is 25.1. The summed E-state index contributed by atoms with van der Waals surface area (Å²) >= 11 is 6.12. The minimum absolute atomic E-state index is 0.596. The molecule has 1 aromatic heterocycles. The molecule has 5 nitrogen and oxygen atoms in total. The number of nitrogens with zero attached hydrogens (tertiary/aromatic N) is 2. The second-order valence-corrected chi connectivity index (χ2v) is 5.49. The SMILES string of the molecule is CC1(O)CCCN(Cc2nc(NN)ccc2Cl)C1. The van der Waals surface area contributed by atoms with Gasteiger partial charge in [0.25, 0.3) is 0 Å². The minimum Gasteiger partial charge on any atom is -0.389 e. The molecule has 1 atom stereocenters. The van der Waals surface area contributed by atoms with Crippen LogP contribution in [-0.2, 0) is 6.54 Å². The fourth-order valence-electron chi connectivity index (χ4n) is 2.35. The van der Waals surface area contributed by atoms with Gasteiger partial charge in [-0.2, -0.15) is 0 Å². The molecule has 0 amide bonds. The Bertz CT molecular complexity index is 425. The summed E-state index contributed by atoms with van der Waals surface area (Å²) in [6.45, 7) is 4.09. The van der Waals surface area contributed by atoms with E-state index >= 15 is 0 Å². The van der Waals surface area contributed by atoms with Crippen molar-refractivity contribution in [2.45, 2.75) is 31.9 Å². The highest BCUT2D eigenvalue weighted by Gasteiger charge is 2.28. The Hall–Kier alpha value is -0.880. The fourth-order valence-corrected chi connectivity index (χ4v) is 2.51. The number of halogens is 1. The summed E-state index contributed by atoms with van der Waals surface area (Å²) in [6, 6.07) is 3.51. The lowest BCUT2D eigenvalue weighted by Gasteiger charge is -2.36. The molecule has 1 aromatic rings. The lowest BCUT2D eigenvalue weighted by atomic mass is 9.95. The number of anilines is 1. The number of nitrogen functional groups attached to an aromatic ring is 1. The first-order valence-corrected chi connectivity index (χ1v) is 6.45. The molecule has 0 saturated carbocycles. The molecule has 0 bridgehead atoms. The van der Waals surface area contributed by atoms with Crippen LogP contribution in [0.3, 0.4) is 0 Å². The van der Waals surface area contributed by atoms with Gasteiger partial charge in [0.2, 0.25) is 0 Å². The third-order valence-electron chi connectivity index (χ3n) is 3.19. The number of hydrogen-bond acceptors (Lipinski definition) is 5. The molecule has 0 spiro atoms. The number of aliphatic hydroxyl groups is 1. The van der Waals surface area contributed by atoms with E-state index in [-0.39, 0.29) is 0 Å². The van der Waals surface area contributed by atoms with Crippen LogP contribution in [0.4, 0.5) is 5.82 Å². The Morgan fingerprint density at radius 2 is 2.39 bits per heavy atom. The number of nitrogens with two attached hydrogens (primary N) is 1. The van der Waals surface area contributed by atoms with E-state index in [1.165, 1.54) is 0 Å². The zero-order chi connectivity index (χ0) is 13.2. The quantitative estimate of drug-likeness (QED) is 0.571. The molecule has 1 saturated heterocycles. The van der Waals surface area contributed by atoms with Gasteiger partial charge in [0.05, 0.1) is 16.3 Å². The van der Waals surface area contributed by atoms with Crippen molar-refractivity contribution in [2.75, 3.05) is 18.5 Å². The number of hydrazine groups is 1. The van der Waals surface area contributed by atoms with Crippen molar-refractivity contribution < 1.29 is 5.11 Å². The van der Waals surface area contributed by atoms with E-state index in [0.29, 0.717) is 23.9 Å². The van der Waals surface area contributed by atoms with Crippen LogP contribution in [-0.4, -0.2) is 33.7 Å². The first-order valence-electron chi connectivity index (χ1n) is 6.07. The molecular formula is C12H19ClN4O. The lowest BCUT2D eigenvalue weighted by molar-refractivity contribution is -0.0184. The highest BCUT2D eigenvalue weighted by Crippen LogP contribution is 2.24. The number of rotatable bonds is 3. The summed E-state index contributed by atoms with van der Waals surface area (Å²) in [5, 5.41) is 10.7. The first-order chi connectivity index (χ1) is 8.50. The van der Waals surface area contributed by atoms with Crippen LogP contribution in [0, 0.1) is 0 Å². The summed E-state index contributed by atoms with van der Waals surface area (Å²) in [6.07, 6.45) is 1.83. The van der Waals surface area contributed by atoms with Crippen molar-refractivity contribution >= 4 is 17.4 Å². The Balaban J connectivity index is 2.09. The number of piperidine rings is 1. The van der Waals surface area contributed by atoms with E-state index in [0.717, 1.165) is 25.1 Å². The summed E-state index contributed by atoms with van der Waals surface area (Å²) in [5.74, 6) is 5.93. The van der Waals surface area contributed by atoms with Crippen LogP contribution in [0.1, 0.15) is 25.5 Å². The van der Waals surface area contributed by atoms with Crippen molar-refractivity contribution in [3.63, 3.8) is 0 Å². The first kappa shape index (κ1) is 13.5. The molecule has 1 fully saturated rings. The maximum absolute atomic E-state index is 10.1. The van der Waals surface area contributed by atoms with Gasteiger partial charge in [0.15, 0.2) is 0 Å². The van der Waals surface area contributed by atoms with Crippen LogP contribution in [0.5, 0.6) is 0 Å². The molecule has 1 aliphatic rings. The number of likely N-dealkylation sites (tertiary alicyclic amines) is 1. The molecule has 1 unspecified atom stereocenters. The number of pyridine rings is 1. The van der Waals surface area contributed by atoms with Crippen LogP contribution in [0.15, 0.2) is 12.1 Å². The smallest absolute Gasteiger partial charge is 0.140 e. The number of aromatic nitrogens is 1. The lowest BCUT2D eigenvalue weighted by Crippen LogP contribution is -2.45. The van der Waals surface area contributed by atoms with E-state index in [9.17, 15) is 5.11 Å². The maximum Gasteiger partial charge on any atom is 0.140 e. The van der Waals surface area contributed by atoms with E-state index < -0.39 is 5.60 Å². The van der Waals surface area contributed by atoms with E-state index in [1.54, 1.807) is 12.1 Å². The van der Waals surface area contributed by atoms with Crippen LogP contribution in [0.2, 0.25) is 5.02 Å². The van der Waals surface area contributed by atoms with Gasteiger partial charge in [-0.15, -0.1) is 0 Å². The van der Waals surface area contributed by atoms with Gasteiger partial charge < -0.3 is 10.5 Å². The van der Waals surface area contributed by atoms with Gasteiger partial charge in [-0.1, -0.05) is 11.6 Å². The molecule has 0 aromatic carbocycles. The third kappa shape index (κ3) is 3.32. The molecule has 1 aliphatic heterocycles. The Morgan fingerprint density at radius 3 is 3.06 bits per heavy atom. The summed E-state index contributed by atoms with van der Waals surface area (Å²) < 4.78 is 0. The molecular weight excluding hydrogens is 252 g/mol. The van der Waals surface area contributed by atoms with Crippen LogP contribution in [0.25, 0.3) is 0 Å². The molecule has 2 heterocycles. The molecule has 0 aliphatic carbocycles. The van der Waals surface area contributed by atoms with E-state index in [2.05, 4.69) is 15.3 Å². The van der Waals surface area contributed by atoms with E-state index in [4.69, 9.17) is 17.4 Å². The topological polar surface area (TPSA) is 74.4 Å². The van der Waals surface area contributed by atoms with E-state index in [1.807, 2.05) is 6.92 Å². The molecule has 4 N–H and O–H groups in total. The van der Waals surface area contributed by atoms with Crippen molar-refractivity contribution in [2.24, 2.45) is 5.84 Å². The Kier molecular flexibility index (Phi) is 4.07. The molecule has 18 heavy (non-hydrogen) atoms. The summed E-state index contributed by atoms with van der Waals surface area (Å²) in [7, 11) is 0. The predicted molar refractivity (Wildman–Crippen MR) is 72.2 cm³/mol. The van der Waals surface area contributed by atoms with Gasteiger partial charge >= 0.3 is 0 Å². The Morgan fingerprint density at radius 1 is 1.61 bits per heavy atom. The van der Waals surface area contributed by atoms with Gasteiger partial charge in [-0.05, 0) is 38.4 Å². The average molecular weight is 271 g/mol. The monoisotopic (exact) mass is 270 g/mol. The zero-order valence-electron chi connectivity index (χ0n) is 10.5. The second-order valence-electron chi connectivity index (χ2n) is 5.08. The molecule has 0 radical (unpaired) electrons. The van der Waals surface area contributed by atoms with Gasteiger partial charge in [0, 0.05) is 13.1 Å². The van der Waals surface area contributed by atoms with Crippen molar-refractivity contribution in [3.05, 3.63) is 22.8 Å².